The number of rotatable bonds is 5. The van der Waals surface area contributed by atoms with Crippen molar-refractivity contribution in [3.05, 3.63) is 16.3 Å². The Bertz CT molecular complexity index is 458. The molecule has 0 unspecified atom stereocenters. The second kappa shape index (κ2) is 7.02. The number of urea groups is 1. The number of carboxylic acid groups (broad SMARTS) is 1. The van der Waals surface area contributed by atoms with E-state index in [-0.39, 0.29) is 17.2 Å². The van der Waals surface area contributed by atoms with Crippen LogP contribution >= 0.6 is 23.1 Å². The van der Waals surface area contributed by atoms with Crippen molar-refractivity contribution in [3.63, 3.8) is 0 Å². The summed E-state index contributed by atoms with van der Waals surface area (Å²) in [7, 11) is 1.43. The molecule has 0 aromatic carbocycles. The number of carboxylic acids is 1. The molecule has 1 heterocycles. The molecular formula is C10H12N2O4S2. The molecule has 0 bridgehead atoms. The van der Waals surface area contributed by atoms with Crippen LogP contribution in [0.15, 0.2) is 16.3 Å². The SMILES string of the molecule is CNC(=O)NC(=O)CCSc1csc(C(=O)O)c1. The zero-order valence-corrected chi connectivity index (χ0v) is 11.2. The number of carbonyl (C=O) groups is 3. The quantitative estimate of drug-likeness (QED) is 0.711. The fourth-order valence-electron chi connectivity index (χ4n) is 1.02. The van der Waals surface area contributed by atoms with Gasteiger partial charge in [-0.2, -0.15) is 0 Å². The first-order valence-corrected chi connectivity index (χ1v) is 6.85. The Hall–Kier alpha value is -1.54. The highest BCUT2D eigenvalue weighted by Crippen LogP contribution is 2.25. The van der Waals surface area contributed by atoms with E-state index < -0.39 is 12.0 Å². The van der Waals surface area contributed by atoms with E-state index in [4.69, 9.17) is 5.11 Å². The maximum absolute atomic E-state index is 11.2. The summed E-state index contributed by atoms with van der Waals surface area (Å²) in [5.41, 5.74) is 0. The molecule has 8 heteroatoms. The van der Waals surface area contributed by atoms with E-state index >= 15 is 0 Å². The Balaban J connectivity index is 2.30. The van der Waals surface area contributed by atoms with E-state index in [0.717, 1.165) is 16.2 Å². The third-order valence-electron chi connectivity index (χ3n) is 1.86. The van der Waals surface area contributed by atoms with Crippen LogP contribution in [0.5, 0.6) is 0 Å². The van der Waals surface area contributed by atoms with Crippen LogP contribution in [0.25, 0.3) is 0 Å². The van der Waals surface area contributed by atoms with Crippen molar-refractivity contribution >= 4 is 41.0 Å². The first kappa shape index (κ1) is 14.5. The molecule has 98 valence electrons. The van der Waals surface area contributed by atoms with Crippen LogP contribution in [0.4, 0.5) is 4.79 Å². The first-order valence-electron chi connectivity index (χ1n) is 4.99. The fraction of sp³-hybridized carbons (Fsp3) is 0.300. The molecule has 0 saturated heterocycles. The molecule has 1 rings (SSSR count). The molecule has 3 N–H and O–H groups in total. The zero-order chi connectivity index (χ0) is 13.5. The largest absolute Gasteiger partial charge is 0.477 e. The summed E-state index contributed by atoms with van der Waals surface area (Å²) in [6.07, 6.45) is 0.191. The van der Waals surface area contributed by atoms with Crippen molar-refractivity contribution in [2.45, 2.75) is 11.3 Å². The Morgan fingerprint density at radius 3 is 2.72 bits per heavy atom. The summed E-state index contributed by atoms with van der Waals surface area (Å²) in [6, 6.07) is 1.03. The van der Waals surface area contributed by atoms with Crippen molar-refractivity contribution in [1.82, 2.24) is 10.6 Å². The summed E-state index contributed by atoms with van der Waals surface area (Å²) >= 11 is 2.52. The summed E-state index contributed by atoms with van der Waals surface area (Å²) in [5.74, 6) is -0.835. The second-order valence-electron chi connectivity index (χ2n) is 3.18. The lowest BCUT2D eigenvalue weighted by Crippen LogP contribution is -2.37. The number of thioether (sulfide) groups is 1. The minimum Gasteiger partial charge on any atom is -0.477 e. The molecule has 3 amide bonds. The number of aromatic carboxylic acids is 1. The lowest BCUT2D eigenvalue weighted by atomic mass is 10.4. The third kappa shape index (κ3) is 4.76. The minimum absolute atomic E-state index is 0.191. The molecule has 0 aliphatic heterocycles. The van der Waals surface area contributed by atoms with Gasteiger partial charge < -0.3 is 10.4 Å². The van der Waals surface area contributed by atoms with Gasteiger partial charge in [0, 0.05) is 29.5 Å². The van der Waals surface area contributed by atoms with Gasteiger partial charge in [0.1, 0.15) is 4.88 Å². The highest BCUT2D eigenvalue weighted by molar-refractivity contribution is 7.99. The maximum Gasteiger partial charge on any atom is 0.345 e. The number of carbonyl (C=O) groups excluding carboxylic acids is 2. The lowest BCUT2D eigenvalue weighted by molar-refractivity contribution is -0.119. The Labute approximate surface area is 112 Å². The molecule has 0 radical (unpaired) electrons. The van der Waals surface area contributed by atoms with Crippen molar-refractivity contribution < 1.29 is 19.5 Å². The average Bonchev–Trinajstić information content (AvgIpc) is 2.77. The summed E-state index contributed by atoms with van der Waals surface area (Å²) in [4.78, 5) is 33.8. The number of hydrogen-bond donors (Lipinski definition) is 3. The van der Waals surface area contributed by atoms with Crippen LogP contribution < -0.4 is 10.6 Å². The van der Waals surface area contributed by atoms with Gasteiger partial charge in [-0.15, -0.1) is 23.1 Å². The van der Waals surface area contributed by atoms with Crippen molar-refractivity contribution in [2.75, 3.05) is 12.8 Å². The van der Waals surface area contributed by atoms with Gasteiger partial charge in [-0.3, -0.25) is 10.1 Å². The maximum atomic E-state index is 11.2. The number of imide groups is 1. The van der Waals surface area contributed by atoms with Gasteiger partial charge in [0.05, 0.1) is 0 Å². The van der Waals surface area contributed by atoms with E-state index in [1.807, 2.05) is 0 Å². The van der Waals surface area contributed by atoms with E-state index in [1.54, 1.807) is 11.4 Å². The number of hydrogen-bond acceptors (Lipinski definition) is 5. The predicted octanol–water partition coefficient (Wildman–Crippen LogP) is 1.38. The topological polar surface area (TPSA) is 95.5 Å². The summed E-state index contributed by atoms with van der Waals surface area (Å²) in [6.45, 7) is 0. The van der Waals surface area contributed by atoms with Crippen LogP contribution in [0, 0.1) is 0 Å². The molecular weight excluding hydrogens is 276 g/mol. The molecule has 1 aromatic rings. The zero-order valence-electron chi connectivity index (χ0n) is 9.56. The highest BCUT2D eigenvalue weighted by atomic mass is 32.2. The van der Waals surface area contributed by atoms with Gasteiger partial charge in [-0.05, 0) is 6.07 Å². The number of nitrogens with one attached hydrogen (secondary N) is 2. The molecule has 0 aliphatic carbocycles. The number of amides is 3. The monoisotopic (exact) mass is 288 g/mol. The Morgan fingerprint density at radius 1 is 1.44 bits per heavy atom. The highest BCUT2D eigenvalue weighted by Gasteiger charge is 2.09. The molecule has 0 fully saturated rings. The van der Waals surface area contributed by atoms with Gasteiger partial charge in [0.2, 0.25) is 5.91 Å². The van der Waals surface area contributed by atoms with Crippen molar-refractivity contribution in [2.24, 2.45) is 0 Å². The van der Waals surface area contributed by atoms with E-state index in [0.29, 0.717) is 5.75 Å². The molecule has 1 aromatic heterocycles. The van der Waals surface area contributed by atoms with Crippen LogP contribution in [0.3, 0.4) is 0 Å². The summed E-state index contributed by atoms with van der Waals surface area (Å²) in [5, 5.41) is 14.9. The molecule has 0 aliphatic rings. The molecule has 0 saturated carbocycles. The molecule has 0 atom stereocenters. The predicted molar refractivity (Wildman–Crippen MR) is 69.2 cm³/mol. The van der Waals surface area contributed by atoms with E-state index in [1.165, 1.54) is 18.8 Å². The van der Waals surface area contributed by atoms with Gasteiger partial charge >= 0.3 is 12.0 Å². The van der Waals surface area contributed by atoms with Gasteiger partial charge in [0.15, 0.2) is 0 Å². The Kier molecular flexibility index (Phi) is 5.66. The van der Waals surface area contributed by atoms with Gasteiger partial charge in [-0.1, -0.05) is 0 Å². The second-order valence-corrected chi connectivity index (χ2v) is 5.26. The average molecular weight is 288 g/mol. The van der Waals surface area contributed by atoms with E-state index in [9.17, 15) is 14.4 Å². The van der Waals surface area contributed by atoms with Crippen LogP contribution in [0.2, 0.25) is 0 Å². The number of thiophene rings is 1. The summed E-state index contributed by atoms with van der Waals surface area (Å²) < 4.78 is 0. The Morgan fingerprint density at radius 2 is 2.17 bits per heavy atom. The smallest absolute Gasteiger partial charge is 0.345 e. The van der Waals surface area contributed by atoms with Gasteiger partial charge in [-0.25, -0.2) is 9.59 Å². The molecule has 0 spiro atoms. The van der Waals surface area contributed by atoms with Crippen LogP contribution in [-0.2, 0) is 4.79 Å². The standard InChI is InChI=1S/C10H12N2O4S2/c1-11-10(16)12-8(13)2-3-17-6-4-7(9(14)15)18-5-6/h4-5H,2-3H2,1H3,(H,14,15)(H2,11,12,13,16). The lowest BCUT2D eigenvalue weighted by Gasteiger charge is -2.02. The normalized spacial score (nSPS) is 9.83. The first-order chi connectivity index (χ1) is 8.52. The van der Waals surface area contributed by atoms with Gasteiger partial charge in [0.25, 0.3) is 0 Å². The van der Waals surface area contributed by atoms with Crippen molar-refractivity contribution in [3.8, 4) is 0 Å². The third-order valence-corrected chi connectivity index (χ3v) is 3.91. The van der Waals surface area contributed by atoms with Crippen molar-refractivity contribution in [1.29, 1.82) is 0 Å². The van der Waals surface area contributed by atoms with E-state index in [2.05, 4.69) is 10.6 Å². The van der Waals surface area contributed by atoms with Crippen LogP contribution in [-0.4, -0.2) is 35.8 Å². The minimum atomic E-state index is -0.954. The molecule has 18 heavy (non-hydrogen) atoms. The molecule has 6 nitrogen and oxygen atoms in total. The van der Waals surface area contributed by atoms with Crippen LogP contribution in [0.1, 0.15) is 16.1 Å². The fourth-order valence-corrected chi connectivity index (χ4v) is 2.84.